The van der Waals surface area contributed by atoms with E-state index in [0.717, 1.165) is 0 Å². The molecular weight excluding hydrogens is 257 g/mol. The fourth-order valence-corrected chi connectivity index (χ4v) is 3.54. The Morgan fingerprint density at radius 3 is 2.47 bits per heavy atom. The molecule has 5 heteroatoms. The highest BCUT2D eigenvalue weighted by Gasteiger charge is 2.42. The van der Waals surface area contributed by atoms with Crippen molar-refractivity contribution < 1.29 is 0 Å². The first-order valence-corrected chi connectivity index (χ1v) is 5.97. The third-order valence-electron chi connectivity index (χ3n) is 4.26. The van der Waals surface area contributed by atoms with Gasteiger partial charge in [-0.3, -0.25) is 4.68 Å². The van der Waals surface area contributed by atoms with Gasteiger partial charge < -0.3 is 5.32 Å². The molecule has 2 aliphatic rings. The van der Waals surface area contributed by atoms with Crippen LogP contribution in [0.1, 0.15) is 36.2 Å². The van der Waals surface area contributed by atoms with Gasteiger partial charge in [0.1, 0.15) is 0 Å². The van der Waals surface area contributed by atoms with Gasteiger partial charge in [0.25, 0.3) is 0 Å². The van der Waals surface area contributed by atoms with Crippen molar-refractivity contribution in [2.75, 3.05) is 13.1 Å². The Labute approximate surface area is 115 Å². The number of aryl methyl sites for hydroxylation is 2. The molecule has 3 rings (SSSR count). The molecule has 1 aliphatic heterocycles. The van der Waals surface area contributed by atoms with Gasteiger partial charge in [-0.1, -0.05) is 0 Å². The van der Waals surface area contributed by atoms with Crippen molar-refractivity contribution in [3.05, 3.63) is 17.0 Å². The van der Waals surface area contributed by atoms with Gasteiger partial charge in [-0.05, 0) is 51.3 Å². The van der Waals surface area contributed by atoms with E-state index in [1.54, 1.807) is 11.3 Å². The van der Waals surface area contributed by atoms with E-state index < -0.39 is 0 Å². The summed E-state index contributed by atoms with van der Waals surface area (Å²) in [4.78, 5) is 0. The van der Waals surface area contributed by atoms with E-state index in [1.807, 2.05) is 0 Å². The lowest BCUT2D eigenvalue weighted by Gasteiger charge is -2.34. The first kappa shape index (κ1) is 14.8. The van der Waals surface area contributed by atoms with E-state index in [9.17, 15) is 0 Å². The molecule has 1 N–H and O–H groups in total. The zero-order valence-electron chi connectivity index (χ0n) is 10.5. The van der Waals surface area contributed by atoms with Crippen molar-refractivity contribution in [3.8, 4) is 0 Å². The van der Waals surface area contributed by atoms with Crippen LogP contribution in [0.25, 0.3) is 0 Å². The SMILES string of the molecule is Cc1nn(C)c2c1CCC21CCNCC1.Cl.Cl. The summed E-state index contributed by atoms with van der Waals surface area (Å²) in [6.07, 6.45) is 5.17. The molecule has 1 fully saturated rings. The number of aromatic nitrogens is 2. The molecule has 0 unspecified atom stereocenters. The molecule has 98 valence electrons. The number of halogens is 2. The minimum absolute atomic E-state index is 0. The van der Waals surface area contributed by atoms with Gasteiger partial charge in [-0.25, -0.2) is 0 Å². The predicted octanol–water partition coefficient (Wildman–Crippen LogP) is 2.14. The van der Waals surface area contributed by atoms with E-state index in [0.29, 0.717) is 5.41 Å². The number of fused-ring (bicyclic) bond motifs is 2. The Hall–Kier alpha value is -0.250. The maximum absolute atomic E-state index is 4.58. The number of nitrogens with one attached hydrogen (secondary N) is 1. The van der Waals surface area contributed by atoms with Crippen molar-refractivity contribution in [3.63, 3.8) is 0 Å². The van der Waals surface area contributed by atoms with Gasteiger partial charge >= 0.3 is 0 Å². The predicted molar refractivity (Wildman–Crippen MR) is 74.5 cm³/mol. The van der Waals surface area contributed by atoms with Gasteiger partial charge in [0.15, 0.2) is 0 Å². The summed E-state index contributed by atoms with van der Waals surface area (Å²) in [5.41, 5.74) is 4.79. The number of piperidine rings is 1. The summed E-state index contributed by atoms with van der Waals surface area (Å²) in [5, 5.41) is 8.04. The largest absolute Gasteiger partial charge is 0.317 e. The molecule has 2 heterocycles. The molecule has 1 saturated heterocycles. The van der Waals surface area contributed by atoms with Gasteiger partial charge in [0, 0.05) is 18.2 Å². The second-order valence-electron chi connectivity index (χ2n) is 5.07. The van der Waals surface area contributed by atoms with Crippen LogP contribution in [-0.2, 0) is 18.9 Å². The van der Waals surface area contributed by atoms with E-state index in [4.69, 9.17) is 0 Å². The monoisotopic (exact) mass is 277 g/mol. The third kappa shape index (κ3) is 2.09. The normalized spacial score (nSPS) is 20.6. The molecule has 0 saturated carbocycles. The molecule has 1 aromatic rings. The highest BCUT2D eigenvalue weighted by Crippen LogP contribution is 2.45. The lowest BCUT2D eigenvalue weighted by Crippen LogP contribution is -2.39. The second kappa shape index (κ2) is 5.17. The van der Waals surface area contributed by atoms with Gasteiger partial charge in [0.05, 0.1) is 5.69 Å². The maximum Gasteiger partial charge on any atom is 0.0628 e. The molecule has 0 radical (unpaired) electrons. The molecule has 17 heavy (non-hydrogen) atoms. The Kier molecular flexibility index (Phi) is 4.50. The van der Waals surface area contributed by atoms with Crippen molar-refractivity contribution in [2.45, 2.75) is 38.0 Å². The summed E-state index contributed by atoms with van der Waals surface area (Å²) in [7, 11) is 2.11. The highest BCUT2D eigenvalue weighted by atomic mass is 35.5. The lowest BCUT2D eigenvalue weighted by molar-refractivity contribution is 0.290. The van der Waals surface area contributed by atoms with Crippen molar-refractivity contribution >= 4 is 24.8 Å². The van der Waals surface area contributed by atoms with Crippen LogP contribution in [0.3, 0.4) is 0 Å². The average Bonchev–Trinajstić information content (AvgIpc) is 2.71. The quantitative estimate of drug-likeness (QED) is 0.788. The summed E-state index contributed by atoms with van der Waals surface area (Å²) in [6, 6.07) is 0. The van der Waals surface area contributed by atoms with E-state index in [-0.39, 0.29) is 24.8 Å². The zero-order chi connectivity index (χ0) is 10.5. The molecule has 1 aromatic heterocycles. The van der Waals surface area contributed by atoms with Crippen LogP contribution in [0.5, 0.6) is 0 Å². The zero-order valence-corrected chi connectivity index (χ0v) is 12.1. The topological polar surface area (TPSA) is 29.9 Å². The Bertz CT molecular complexity index is 395. The van der Waals surface area contributed by atoms with E-state index >= 15 is 0 Å². The maximum atomic E-state index is 4.58. The van der Waals surface area contributed by atoms with Crippen LogP contribution < -0.4 is 5.32 Å². The average molecular weight is 278 g/mol. The summed E-state index contributed by atoms with van der Waals surface area (Å²) < 4.78 is 2.14. The van der Waals surface area contributed by atoms with E-state index in [2.05, 4.69) is 29.1 Å². The fraction of sp³-hybridized carbons (Fsp3) is 0.750. The minimum Gasteiger partial charge on any atom is -0.317 e. The Balaban J connectivity index is 0.000000722. The molecule has 0 bridgehead atoms. The van der Waals surface area contributed by atoms with Crippen LogP contribution in [-0.4, -0.2) is 22.9 Å². The summed E-state index contributed by atoms with van der Waals surface area (Å²) in [5.74, 6) is 0. The van der Waals surface area contributed by atoms with E-state index in [1.165, 1.54) is 44.5 Å². The highest BCUT2D eigenvalue weighted by molar-refractivity contribution is 5.85. The smallest absolute Gasteiger partial charge is 0.0628 e. The lowest BCUT2D eigenvalue weighted by atomic mass is 9.77. The number of nitrogens with zero attached hydrogens (tertiary/aromatic N) is 2. The number of rotatable bonds is 0. The van der Waals surface area contributed by atoms with Crippen LogP contribution in [0, 0.1) is 6.92 Å². The first-order valence-electron chi connectivity index (χ1n) is 5.97. The second-order valence-corrected chi connectivity index (χ2v) is 5.07. The molecule has 0 atom stereocenters. The van der Waals surface area contributed by atoms with Gasteiger partial charge in [-0.2, -0.15) is 5.10 Å². The first-order chi connectivity index (χ1) is 7.23. The summed E-state index contributed by atoms with van der Waals surface area (Å²) in [6.45, 7) is 4.49. The Morgan fingerprint density at radius 2 is 1.82 bits per heavy atom. The van der Waals surface area contributed by atoms with Crippen LogP contribution in [0.4, 0.5) is 0 Å². The van der Waals surface area contributed by atoms with Crippen molar-refractivity contribution in [1.29, 1.82) is 0 Å². The number of hydrogen-bond donors (Lipinski definition) is 1. The van der Waals surface area contributed by atoms with Crippen LogP contribution in [0.2, 0.25) is 0 Å². The molecule has 3 nitrogen and oxygen atoms in total. The molecule has 1 spiro atoms. The Morgan fingerprint density at radius 1 is 1.18 bits per heavy atom. The molecule has 0 amide bonds. The minimum atomic E-state index is 0. The molecular formula is C12H21Cl2N3. The third-order valence-corrected chi connectivity index (χ3v) is 4.26. The number of hydrogen-bond acceptors (Lipinski definition) is 2. The van der Waals surface area contributed by atoms with Gasteiger partial charge in [0.2, 0.25) is 0 Å². The van der Waals surface area contributed by atoms with Crippen LogP contribution in [0.15, 0.2) is 0 Å². The van der Waals surface area contributed by atoms with Crippen molar-refractivity contribution in [2.24, 2.45) is 7.05 Å². The van der Waals surface area contributed by atoms with Gasteiger partial charge in [-0.15, -0.1) is 24.8 Å². The standard InChI is InChI=1S/C12H19N3.2ClH/c1-9-10-3-4-12(5-7-13-8-6-12)11(10)15(2)14-9;;/h13H,3-8H2,1-2H3;2*1H. The van der Waals surface area contributed by atoms with Crippen LogP contribution >= 0.6 is 24.8 Å². The molecule has 1 aliphatic carbocycles. The fourth-order valence-electron chi connectivity index (χ4n) is 3.54. The van der Waals surface area contributed by atoms with Crippen molar-refractivity contribution in [1.82, 2.24) is 15.1 Å². The summed E-state index contributed by atoms with van der Waals surface area (Å²) >= 11 is 0. The molecule has 0 aromatic carbocycles.